The van der Waals surface area contributed by atoms with E-state index in [1.807, 2.05) is 26.2 Å². The van der Waals surface area contributed by atoms with Crippen LogP contribution >= 0.6 is 0 Å². The van der Waals surface area contributed by atoms with Gasteiger partial charge in [-0.1, -0.05) is 12.1 Å². The summed E-state index contributed by atoms with van der Waals surface area (Å²) in [7, 11) is 7.21. The van der Waals surface area contributed by atoms with Gasteiger partial charge in [0, 0.05) is 18.5 Å². The molecule has 1 heterocycles. The maximum Gasteiger partial charge on any atom is 0.295 e. The second kappa shape index (κ2) is 9.66. The van der Waals surface area contributed by atoms with Gasteiger partial charge in [-0.3, -0.25) is 9.59 Å². The highest BCUT2D eigenvalue weighted by atomic mass is 16.5. The summed E-state index contributed by atoms with van der Waals surface area (Å²) in [5.41, 5.74) is 1.29. The fourth-order valence-electron chi connectivity index (χ4n) is 3.75. The zero-order valence-electron chi connectivity index (χ0n) is 18.3. The molecule has 31 heavy (non-hydrogen) atoms. The van der Waals surface area contributed by atoms with Crippen molar-refractivity contribution in [2.45, 2.75) is 12.5 Å². The van der Waals surface area contributed by atoms with E-state index >= 15 is 0 Å². The lowest BCUT2D eigenvalue weighted by atomic mass is 9.95. The maximum atomic E-state index is 13.0. The fourth-order valence-corrected chi connectivity index (χ4v) is 3.75. The summed E-state index contributed by atoms with van der Waals surface area (Å²) in [6.45, 7) is 1.28. The topological polar surface area (TPSA) is 80.5 Å². The van der Waals surface area contributed by atoms with E-state index in [1.165, 1.54) is 4.90 Å². The summed E-state index contributed by atoms with van der Waals surface area (Å²) >= 11 is 0. The number of benzene rings is 2. The van der Waals surface area contributed by atoms with E-state index in [9.17, 15) is 14.7 Å². The normalized spacial score (nSPS) is 18.0. The average molecular weight is 426 g/mol. The Morgan fingerprint density at radius 2 is 1.52 bits per heavy atom. The SMILES string of the molecule is COc1ccc(C(O)=C2C(=O)C(=O)N(CCC[NH+](C)C)[C@H]2c2ccc(OC)cc2)cc1. The van der Waals surface area contributed by atoms with E-state index in [4.69, 9.17) is 9.47 Å². The number of rotatable bonds is 8. The Bertz CT molecular complexity index is 964. The molecule has 0 aliphatic carbocycles. The van der Waals surface area contributed by atoms with Gasteiger partial charge in [0.25, 0.3) is 11.7 Å². The molecular formula is C24H29N2O5+. The second-order valence-electron chi connectivity index (χ2n) is 7.80. The predicted molar refractivity (Wildman–Crippen MR) is 117 cm³/mol. The van der Waals surface area contributed by atoms with Gasteiger partial charge in [0.2, 0.25) is 0 Å². The number of nitrogens with one attached hydrogen (secondary N) is 1. The van der Waals surface area contributed by atoms with E-state index < -0.39 is 17.7 Å². The molecule has 2 aromatic rings. The summed E-state index contributed by atoms with van der Waals surface area (Å²) < 4.78 is 10.4. The van der Waals surface area contributed by atoms with Crippen molar-refractivity contribution in [3.05, 3.63) is 65.2 Å². The van der Waals surface area contributed by atoms with Gasteiger partial charge in [-0.05, 0) is 42.0 Å². The third-order valence-corrected chi connectivity index (χ3v) is 5.41. The van der Waals surface area contributed by atoms with Crippen LogP contribution in [0.3, 0.4) is 0 Å². The van der Waals surface area contributed by atoms with Gasteiger partial charge in [-0.15, -0.1) is 0 Å². The number of likely N-dealkylation sites (tertiary alicyclic amines) is 1. The van der Waals surface area contributed by atoms with Crippen LogP contribution in [0.5, 0.6) is 11.5 Å². The highest BCUT2D eigenvalue weighted by Crippen LogP contribution is 2.40. The van der Waals surface area contributed by atoms with Gasteiger partial charge < -0.3 is 24.4 Å². The lowest BCUT2D eigenvalue weighted by molar-refractivity contribution is -0.858. The van der Waals surface area contributed by atoms with Crippen molar-refractivity contribution in [3.8, 4) is 11.5 Å². The van der Waals surface area contributed by atoms with Crippen LogP contribution in [0.4, 0.5) is 0 Å². The molecule has 0 bridgehead atoms. The number of Topliss-reactive ketones (excluding diaryl/α,β-unsaturated/α-hetero) is 1. The Hall–Kier alpha value is -3.32. The summed E-state index contributed by atoms with van der Waals surface area (Å²) in [4.78, 5) is 28.7. The molecule has 7 heteroatoms. The number of aliphatic hydroxyl groups excluding tert-OH is 1. The highest BCUT2D eigenvalue weighted by molar-refractivity contribution is 6.46. The lowest BCUT2D eigenvalue weighted by Crippen LogP contribution is -3.05. The van der Waals surface area contributed by atoms with Gasteiger partial charge in [-0.25, -0.2) is 0 Å². The minimum atomic E-state index is -0.675. The van der Waals surface area contributed by atoms with Gasteiger partial charge in [0.05, 0.1) is 46.5 Å². The Morgan fingerprint density at radius 1 is 0.968 bits per heavy atom. The number of hydrogen-bond donors (Lipinski definition) is 2. The molecule has 3 rings (SSSR count). The molecule has 7 nitrogen and oxygen atoms in total. The van der Waals surface area contributed by atoms with Crippen LogP contribution in [0.2, 0.25) is 0 Å². The third-order valence-electron chi connectivity index (χ3n) is 5.41. The number of ether oxygens (including phenoxy) is 2. The van der Waals surface area contributed by atoms with Crippen molar-refractivity contribution in [1.82, 2.24) is 4.90 Å². The fraction of sp³-hybridized carbons (Fsp3) is 0.333. The molecule has 1 amide bonds. The van der Waals surface area contributed by atoms with E-state index in [-0.39, 0.29) is 11.3 Å². The van der Waals surface area contributed by atoms with Crippen molar-refractivity contribution >= 4 is 17.4 Å². The number of aliphatic hydroxyl groups is 1. The molecule has 1 aliphatic heterocycles. The van der Waals surface area contributed by atoms with Crippen LogP contribution < -0.4 is 14.4 Å². The van der Waals surface area contributed by atoms with Crippen molar-refractivity contribution in [2.24, 2.45) is 0 Å². The summed E-state index contributed by atoms with van der Waals surface area (Å²) in [6, 6.07) is 13.3. The predicted octanol–water partition coefficient (Wildman–Crippen LogP) is 1.66. The summed E-state index contributed by atoms with van der Waals surface area (Å²) in [5.74, 6) is -0.152. The molecule has 1 aliphatic rings. The smallest absolute Gasteiger partial charge is 0.295 e. The van der Waals surface area contributed by atoms with Crippen LogP contribution in [0.1, 0.15) is 23.6 Å². The molecule has 1 fully saturated rings. The van der Waals surface area contributed by atoms with Crippen LogP contribution in [-0.2, 0) is 9.59 Å². The molecular weight excluding hydrogens is 396 g/mol. The second-order valence-corrected chi connectivity index (χ2v) is 7.80. The Balaban J connectivity index is 2.06. The minimum absolute atomic E-state index is 0.0949. The zero-order valence-corrected chi connectivity index (χ0v) is 18.3. The molecule has 2 aromatic carbocycles. The average Bonchev–Trinajstić information content (AvgIpc) is 3.03. The molecule has 1 atom stereocenters. The first-order valence-corrected chi connectivity index (χ1v) is 10.2. The molecule has 0 unspecified atom stereocenters. The number of methoxy groups -OCH3 is 2. The Labute approximate surface area is 182 Å². The zero-order chi connectivity index (χ0) is 22.5. The van der Waals surface area contributed by atoms with Crippen molar-refractivity contribution in [1.29, 1.82) is 0 Å². The van der Waals surface area contributed by atoms with Crippen LogP contribution in [0, 0.1) is 0 Å². The molecule has 0 spiro atoms. The number of nitrogens with zero attached hydrogens (tertiary/aromatic N) is 1. The number of quaternary nitrogens is 1. The minimum Gasteiger partial charge on any atom is -0.507 e. The molecule has 1 saturated heterocycles. The first-order chi connectivity index (χ1) is 14.9. The number of ketones is 1. The standard InChI is InChI=1S/C24H28N2O5/c1-25(2)14-5-15-26-21(16-6-10-18(30-3)11-7-16)20(23(28)24(26)29)22(27)17-8-12-19(31-4)13-9-17/h6-13,21,27H,5,14-15H2,1-4H3/p+1/t21-/m0/s1. The molecule has 0 saturated carbocycles. The molecule has 2 N–H and O–H groups in total. The van der Waals surface area contributed by atoms with E-state index in [1.54, 1.807) is 55.5 Å². The lowest BCUT2D eigenvalue weighted by Gasteiger charge is -2.25. The van der Waals surface area contributed by atoms with E-state index in [2.05, 4.69) is 0 Å². The van der Waals surface area contributed by atoms with Gasteiger partial charge in [0.15, 0.2) is 0 Å². The highest BCUT2D eigenvalue weighted by Gasteiger charge is 2.45. The van der Waals surface area contributed by atoms with Gasteiger partial charge in [-0.2, -0.15) is 0 Å². The van der Waals surface area contributed by atoms with Crippen LogP contribution in [0.25, 0.3) is 5.76 Å². The van der Waals surface area contributed by atoms with Gasteiger partial charge in [0.1, 0.15) is 17.3 Å². The molecule has 0 radical (unpaired) electrons. The Kier molecular flexibility index (Phi) is 6.97. The van der Waals surface area contributed by atoms with Crippen molar-refractivity contribution < 1.29 is 29.1 Å². The quantitative estimate of drug-likeness (QED) is 0.382. The Morgan fingerprint density at radius 3 is 2.03 bits per heavy atom. The number of carbonyl (C=O) groups excluding carboxylic acids is 2. The number of amides is 1. The maximum absolute atomic E-state index is 13.0. The molecule has 0 aromatic heterocycles. The summed E-state index contributed by atoms with van der Waals surface area (Å²) in [5, 5.41) is 11.0. The van der Waals surface area contributed by atoms with Crippen LogP contribution in [-0.4, -0.2) is 63.1 Å². The van der Waals surface area contributed by atoms with Gasteiger partial charge >= 0.3 is 0 Å². The largest absolute Gasteiger partial charge is 0.507 e. The monoisotopic (exact) mass is 425 g/mol. The van der Waals surface area contributed by atoms with Crippen molar-refractivity contribution in [3.63, 3.8) is 0 Å². The van der Waals surface area contributed by atoms with E-state index in [0.717, 1.165) is 18.5 Å². The first-order valence-electron chi connectivity index (χ1n) is 10.2. The van der Waals surface area contributed by atoms with Crippen LogP contribution in [0.15, 0.2) is 54.1 Å². The molecule has 164 valence electrons. The summed E-state index contributed by atoms with van der Waals surface area (Å²) in [6.07, 6.45) is 0.741. The number of carbonyl (C=O) groups is 2. The number of hydrogen-bond acceptors (Lipinski definition) is 5. The third kappa shape index (κ3) is 4.72. The van der Waals surface area contributed by atoms with Crippen molar-refractivity contribution in [2.75, 3.05) is 41.4 Å². The van der Waals surface area contributed by atoms with E-state index in [0.29, 0.717) is 23.6 Å². The first kappa shape index (κ1) is 22.4.